The molecule has 4 rings (SSSR count). The van der Waals surface area contributed by atoms with Crippen LogP contribution in [-0.4, -0.2) is 39.6 Å². The van der Waals surface area contributed by atoms with E-state index < -0.39 is 11.7 Å². The van der Waals surface area contributed by atoms with E-state index in [9.17, 15) is 18.0 Å². The number of benzene rings is 1. The molecule has 30 heavy (non-hydrogen) atoms. The minimum absolute atomic E-state index is 0.00553. The third-order valence-electron chi connectivity index (χ3n) is 5.13. The standard InChI is InChI=1S/C20H19ClF3N5O/c21-15-4-1-13(2-5-15)11-18(30)25-16-7-9-28(10-8-16)19-27-26-17-6-3-14(12-29(17)19)20(22,23)24/h1-6,12,16H,7-11H2,(H,25,30). The van der Waals surface area contributed by atoms with Crippen molar-refractivity contribution in [2.24, 2.45) is 0 Å². The van der Waals surface area contributed by atoms with E-state index in [1.807, 2.05) is 17.0 Å². The fourth-order valence-electron chi connectivity index (χ4n) is 3.55. The number of halogens is 4. The van der Waals surface area contributed by atoms with Crippen LogP contribution in [0.1, 0.15) is 24.0 Å². The number of amides is 1. The molecule has 1 amide bonds. The number of alkyl halides is 3. The minimum Gasteiger partial charge on any atom is -0.353 e. The number of piperidine rings is 1. The molecule has 3 aromatic rings. The summed E-state index contributed by atoms with van der Waals surface area (Å²) in [5.74, 6) is 0.306. The smallest absolute Gasteiger partial charge is 0.353 e. The molecule has 0 atom stereocenters. The van der Waals surface area contributed by atoms with Crippen LogP contribution in [0.15, 0.2) is 42.6 Å². The lowest BCUT2D eigenvalue weighted by Gasteiger charge is -2.32. The van der Waals surface area contributed by atoms with E-state index in [0.29, 0.717) is 42.5 Å². The first-order valence-electron chi connectivity index (χ1n) is 9.50. The summed E-state index contributed by atoms with van der Waals surface area (Å²) in [6.45, 7) is 1.12. The van der Waals surface area contributed by atoms with Gasteiger partial charge in [-0.05, 0) is 42.7 Å². The van der Waals surface area contributed by atoms with Crippen LogP contribution in [0.4, 0.5) is 19.1 Å². The number of aromatic nitrogens is 3. The average Bonchev–Trinajstić information content (AvgIpc) is 3.13. The number of pyridine rings is 1. The van der Waals surface area contributed by atoms with Gasteiger partial charge >= 0.3 is 6.18 Å². The first kappa shape index (κ1) is 20.5. The van der Waals surface area contributed by atoms with Crippen molar-refractivity contribution in [3.05, 3.63) is 58.7 Å². The first-order chi connectivity index (χ1) is 14.3. The number of carbonyl (C=O) groups is 1. The molecule has 0 bridgehead atoms. The van der Waals surface area contributed by atoms with Gasteiger partial charge in [0.15, 0.2) is 5.65 Å². The van der Waals surface area contributed by atoms with Crippen molar-refractivity contribution in [2.75, 3.05) is 18.0 Å². The van der Waals surface area contributed by atoms with Crippen LogP contribution in [-0.2, 0) is 17.4 Å². The van der Waals surface area contributed by atoms with Crippen LogP contribution < -0.4 is 10.2 Å². The largest absolute Gasteiger partial charge is 0.417 e. The van der Waals surface area contributed by atoms with Crippen LogP contribution in [0, 0.1) is 0 Å². The molecule has 158 valence electrons. The summed E-state index contributed by atoms with van der Waals surface area (Å²) in [6.07, 6.45) is -1.81. The van der Waals surface area contributed by atoms with Gasteiger partial charge in [0.2, 0.25) is 11.9 Å². The highest BCUT2D eigenvalue weighted by Crippen LogP contribution is 2.30. The van der Waals surface area contributed by atoms with E-state index in [0.717, 1.165) is 17.8 Å². The summed E-state index contributed by atoms with van der Waals surface area (Å²) in [5, 5.41) is 11.7. The molecule has 1 N–H and O–H groups in total. The molecule has 2 aromatic heterocycles. The maximum Gasteiger partial charge on any atom is 0.417 e. The Kier molecular flexibility index (Phi) is 5.55. The van der Waals surface area contributed by atoms with Gasteiger partial charge in [-0.2, -0.15) is 13.2 Å². The predicted octanol–water partition coefficient (Wildman–Crippen LogP) is 3.73. The fraction of sp³-hybridized carbons (Fsp3) is 0.350. The zero-order chi connectivity index (χ0) is 21.3. The molecule has 0 saturated carbocycles. The average molecular weight is 438 g/mol. The molecule has 3 heterocycles. The normalized spacial score (nSPS) is 15.5. The van der Waals surface area contributed by atoms with Gasteiger partial charge in [-0.1, -0.05) is 23.7 Å². The van der Waals surface area contributed by atoms with Crippen LogP contribution in [0.3, 0.4) is 0 Å². The molecule has 0 spiro atoms. The van der Waals surface area contributed by atoms with Gasteiger partial charge in [0.25, 0.3) is 0 Å². The van der Waals surface area contributed by atoms with Crippen molar-refractivity contribution in [2.45, 2.75) is 31.5 Å². The summed E-state index contributed by atoms with van der Waals surface area (Å²) < 4.78 is 40.5. The summed E-state index contributed by atoms with van der Waals surface area (Å²) >= 11 is 5.85. The Morgan fingerprint density at radius 2 is 1.80 bits per heavy atom. The molecule has 0 aliphatic carbocycles. The minimum atomic E-state index is -4.43. The molecule has 1 saturated heterocycles. The Morgan fingerprint density at radius 3 is 2.47 bits per heavy atom. The molecule has 1 aliphatic rings. The van der Waals surface area contributed by atoms with Gasteiger partial charge in [0.05, 0.1) is 12.0 Å². The summed E-state index contributed by atoms with van der Waals surface area (Å²) in [4.78, 5) is 14.2. The van der Waals surface area contributed by atoms with Crippen molar-refractivity contribution in [1.29, 1.82) is 0 Å². The van der Waals surface area contributed by atoms with Crippen LogP contribution in [0.5, 0.6) is 0 Å². The Labute approximate surface area is 175 Å². The van der Waals surface area contributed by atoms with Gasteiger partial charge in [0, 0.05) is 30.4 Å². The van der Waals surface area contributed by atoms with Gasteiger partial charge < -0.3 is 10.2 Å². The van der Waals surface area contributed by atoms with Crippen LogP contribution in [0.25, 0.3) is 5.65 Å². The Hall–Kier alpha value is -2.81. The maximum atomic E-state index is 13.0. The Morgan fingerprint density at radius 1 is 1.10 bits per heavy atom. The topological polar surface area (TPSA) is 62.5 Å². The highest BCUT2D eigenvalue weighted by atomic mass is 35.5. The van der Waals surface area contributed by atoms with Crippen molar-refractivity contribution in [3.8, 4) is 0 Å². The number of carbonyl (C=O) groups excluding carboxylic acids is 1. The number of hydrogen-bond acceptors (Lipinski definition) is 4. The number of fused-ring (bicyclic) bond motifs is 1. The lowest BCUT2D eigenvalue weighted by molar-refractivity contribution is -0.137. The van der Waals surface area contributed by atoms with Gasteiger partial charge in [-0.15, -0.1) is 10.2 Å². The highest BCUT2D eigenvalue weighted by Gasteiger charge is 2.32. The number of rotatable bonds is 4. The van der Waals surface area contributed by atoms with Crippen molar-refractivity contribution < 1.29 is 18.0 Å². The first-order valence-corrected chi connectivity index (χ1v) is 9.88. The highest BCUT2D eigenvalue weighted by molar-refractivity contribution is 6.30. The molecular weight excluding hydrogens is 419 g/mol. The lowest BCUT2D eigenvalue weighted by Crippen LogP contribution is -2.45. The van der Waals surface area contributed by atoms with E-state index in [1.54, 1.807) is 12.1 Å². The fourth-order valence-corrected chi connectivity index (χ4v) is 3.68. The van der Waals surface area contributed by atoms with Crippen molar-refractivity contribution >= 4 is 29.1 Å². The lowest BCUT2D eigenvalue weighted by atomic mass is 10.0. The molecule has 6 nitrogen and oxygen atoms in total. The van der Waals surface area contributed by atoms with E-state index in [-0.39, 0.29) is 18.4 Å². The summed E-state index contributed by atoms with van der Waals surface area (Å²) in [7, 11) is 0. The molecule has 0 radical (unpaired) electrons. The zero-order valence-corrected chi connectivity index (χ0v) is 16.6. The van der Waals surface area contributed by atoms with E-state index >= 15 is 0 Å². The van der Waals surface area contributed by atoms with E-state index in [4.69, 9.17) is 11.6 Å². The molecule has 10 heteroatoms. The monoisotopic (exact) mass is 437 g/mol. The number of nitrogens with zero attached hydrogens (tertiary/aromatic N) is 4. The SMILES string of the molecule is O=C(Cc1ccc(Cl)cc1)NC1CCN(c2nnc3ccc(C(F)(F)F)cn23)CC1. The second-order valence-electron chi connectivity index (χ2n) is 7.28. The third kappa shape index (κ3) is 4.51. The second kappa shape index (κ2) is 8.14. The molecule has 0 unspecified atom stereocenters. The van der Waals surface area contributed by atoms with Gasteiger partial charge in [-0.25, -0.2) is 0 Å². The second-order valence-corrected chi connectivity index (χ2v) is 7.71. The Balaban J connectivity index is 1.37. The van der Waals surface area contributed by atoms with Crippen LogP contribution in [0.2, 0.25) is 5.02 Å². The van der Waals surface area contributed by atoms with Gasteiger partial charge in [-0.3, -0.25) is 9.20 Å². The maximum absolute atomic E-state index is 13.0. The van der Waals surface area contributed by atoms with E-state index in [1.165, 1.54) is 10.5 Å². The van der Waals surface area contributed by atoms with Gasteiger partial charge in [0.1, 0.15) is 0 Å². The third-order valence-corrected chi connectivity index (χ3v) is 5.38. The number of anilines is 1. The zero-order valence-electron chi connectivity index (χ0n) is 15.9. The quantitative estimate of drug-likeness (QED) is 0.675. The molecule has 1 aromatic carbocycles. The summed E-state index contributed by atoms with van der Waals surface area (Å²) in [5.41, 5.74) is 0.488. The number of nitrogens with one attached hydrogen (secondary N) is 1. The summed E-state index contributed by atoms with van der Waals surface area (Å²) in [6, 6.07) is 9.43. The van der Waals surface area contributed by atoms with E-state index in [2.05, 4.69) is 15.5 Å². The predicted molar refractivity (Wildman–Crippen MR) is 107 cm³/mol. The van der Waals surface area contributed by atoms with Crippen molar-refractivity contribution in [3.63, 3.8) is 0 Å². The molecular formula is C20H19ClF3N5O. The molecule has 1 fully saturated rings. The van der Waals surface area contributed by atoms with Crippen LogP contribution >= 0.6 is 11.6 Å². The Bertz CT molecular complexity index is 1040. The van der Waals surface area contributed by atoms with Crippen molar-refractivity contribution in [1.82, 2.24) is 19.9 Å². The number of hydrogen-bond donors (Lipinski definition) is 1. The molecule has 1 aliphatic heterocycles.